The highest BCUT2D eigenvalue weighted by Gasteiger charge is 2.10. The molecule has 0 spiro atoms. The lowest BCUT2D eigenvalue weighted by atomic mass is 10.2. The Bertz CT molecular complexity index is 452. The van der Waals surface area contributed by atoms with E-state index >= 15 is 0 Å². The smallest absolute Gasteiger partial charge is 0.237 e. The molecule has 100 valence electrons. The lowest BCUT2D eigenvalue weighted by molar-refractivity contribution is -0.113. The molecule has 3 N–H and O–H groups in total. The third kappa shape index (κ3) is 4.83. The van der Waals surface area contributed by atoms with Crippen molar-refractivity contribution in [1.29, 1.82) is 0 Å². The van der Waals surface area contributed by atoms with Gasteiger partial charge in [-0.05, 0) is 24.6 Å². The summed E-state index contributed by atoms with van der Waals surface area (Å²) in [6, 6.07) is 3.92. The summed E-state index contributed by atoms with van der Waals surface area (Å²) in [4.78, 5) is 11.5. The predicted octanol–water partition coefficient (Wildman–Crippen LogP) is 1.90. The third-order valence-electron chi connectivity index (χ3n) is 2.28. The molecule has 0 fully saturated rings. The Morgan fingerprint density at radius 3 is 2.89 bits per heavy atom. The zero-order chi connectivity index (χ0) is 13.5. The second-order valence-corrected chi connectivity index (χ2v) is 5.51. The maximum Gasteiger partial charge on any atom is 0.237 e. The molecule has 1 aromatic rings. The normalized spacial score (nSPS) is 12.1. The number of carbonyl (C=O) groups is 1. The van der Waals surface area contributed by atoms with Gasteiger partial charge in [-0.25, -0.2) is 4.39 Å². The van der Waals surface area contributed by atoms with Crippen LogP contribution in [0.5, 0.6) is 0 Å². The maximum absolute atomic E-state index is 13.3. The zero-order valence-electron chi connectivity index (χ0n) is 10.2. The predicted molar refractivity (Wildman–Crippen MR) is 72.2 cm³/mol. The van der Waals surface area contributed by atoms with E-state index in [2.05, 4.69) is 5.32 Å². The van der Waals surface area contributed by atoms with Crippen LogP contribution in [0.4, 0.5) is 15.8 Å². The van der Waals surface area contributed by atoms with Crippen LogP contribution in [0, 0.1) is 5.82 Å². The van der Waals surface area contributed by atoms with Gasteiger partial charge < -0.3 is 11.1 Å². The molecule has 1 amide bonds. The number of halogens is 1. The van der Waals surface area contributed by atoms with Crippen molar-refractivity contribution in [2.75, 3.05) is 22.6 Å². The first-order valence-corrected chi connectivity index (χ1v) is 7.21. The van der Waals surface area contributed by atoms with E-state index in [0.717, 1.165) is 12.8 Å². The SMILES string of the molecule is CCCCS(=O)CC(=O)Nc1cc(N)ccc1F. The number of nitrogen functional groups attached to an aromatic ring is 1. The standard InChI is InChI=1S/C12H17FN2O2S/c1-2-3-6-18(17)8-12(16)15-11-7-9(14)4-5-10(11)13/h4-5,7H,2-3,6,8,14H2,1H3,(H,15,16). The third-order valence-corrected chi connectivity index (χ3v) is 3.61. The molecule has 0 aliphatic carbocycles. The fourth-order valence-corrected chi connectivity index (χ4v) is 2.47. The number of rotatable bonds is 6. The average Bonchev–Trinajstić information content (AvgIpc) is 2.31. The Balaban J connectivity index is 2.54. The molecule has 0 saturated carbocycles. The summed E-state index contributed by atoms with van der Waals surface area (Å²) in [6.07, 6.45) is 1.74. The van der Waals surface area contributed by atoms with Gasteiger partial charge in [-0.3, -0.25) is 9.00 Å². The highest BCUT2D eigenvalue weighted by Crippen LogP contribution is 2.17. The molecular weight excluding hydrogens is 255 g/mol. The van der Waals surface area contributed by atoms with Gasteiger partial charge >= 0.3 is 0 Å². The molecule has 0 saturated heterocycles. The summed E-state index contributed by atoms with van der Waals surface area (Å²) in [5.41, 5.74) is 5.87. The van der Waals surface area contributed by atoms with Crippen molar-refractivity contribution in [3.8, 4) is 0 Å². The van der Waals surface area contributed by atoms with Crippen molar-refractivity contribution < 1.29 is 13.4 Å². The minimum atomic E-state index is -1.20. The summed E-state index contributed by atoms with van der Waals surface area (Å²) in [7, 11) is -1.20. The van der Waals surface area contributed by atoms with E-state index in [1.165, 1.54) is 18.2 Å². The van der Waals surface area contributed by atoms with E-state index in [4.69, 9.17) is 5.73 Å². The Hall–Kier alpha value is -1.43. The van der Waals surface area contributed by atoms with Crippen molar-refractivity contribution in [3.63, 3.8) is 0 Å². The van der Waals surface area contributed by atoms with Gasteiger partial charge in [-0.1, -0.05) is 13.3 Å². The zero-order valence-corrected chi connectivity index (χ0v) is 11.1. The van der Waals surface area contributed by atoms with Gasteiger partial charge in [0.15, 0.2) is 0 Å². The summed E-state index contributed by atoms with van der Waals surface area (Å²) >= 11 is 0. The van der Waals surface area contributed by atoms with Crippen LogP contribution in [0.15, 0.2) is 18.2 Å². The van der Waals surface area contributed by atoms with Crippen LogP contribution in [0.1, 0.15) is 19.8 Å². The van der Waals surface area contributed by atoms with Crippen molar-refractivity contribution in [2.45, 2.75) is 19.8 Å². The van der Waals surface area contributed by atoms with Gasteiger partial charge in [0.2, 0.25) is 5.91 Å². The lowest BCUT2D eigenvalue weighted by Crippen LogP contribution is -2.21. The molecule has 6 heteroatoms. The minimum Gasteiger partial charge on any atom is -0.399 e. The quantitative estimate of drug-likeness (QED) is 0.777. The van der Waals surface area contributed by atoms with Gasteiger partial charge in [-0.15, -0.1) is 0 Å². The molecule has 0 heterocycles. The number of unbranched alkanes of at least 4 members (excludes halogenated alkanes) is 1. The van der Waals surface area contributed by atoms with E-state index in [9.17, 15) is 13.4 Å². The minimum absolute atomic E-state index is 0.0208. The van der Waals surface area contributed by atoms with Crippen molar-refractivity contribution in [1.82, 2.24) is 0 Å². The van der Waals surface area contributed by atoms with Gasteiger partial charge in [0.1, 0.15) is 11.6 Å². The largest absolute Gasteiger partial charge is 0.399 e. The van der Waals surface area contributed by atoms with Crippen LogP contribution >= 0.6 is 0 Å². The highest BCUT2D eigenvalue weighted by molar-refractivity contribution is 7.85. The fourth-order valence-electron chi connectivity index (χ4n) is 1.35. The Labute approximate surface area is 108 Å². The molecule has 1 unspecified atom stereocenters. The van der Waals surface area contributed by atoms with Crippen molar-refractivity contribution >= 4 is 28.1 Å². The molecule has 1 rings (SSSR count). The first kappa shape index (κ1) is 14.6. The molecule has 1 atom stereocenters. The molecule has 0 aromatic heterocycles. The number of nitrogens with one attached hydrogen (secondary N) is 1. The number of anilines is 2. The van der Waals surface area contributed by atoms with Crippen LogP contribution in [-0.2, 0) is 15.6 Å². The summed E-state index contributed by atoms with van der Waals surface area (Å²) in [6.45, 7) is 1.99. The van der Waals surface area contributed by atoms with Crippen LogP contribution in [0.25, 0.3) is 0 Å². The summed E-state index contributed by atoms with van der Waals surface area (Å²) < 4.78 is 24.8. The number of hydrogen-bond donors (Lipinski definition) is 2. The lowest BCUT2D eigenvalue weighted by Gasteiger charge is -2.07. The van der Waals surface area contributed by atoms with Crippen LogP contribution in [-0.4, -0.2) is 21.6 Å². The second-order valence-electron chi connectivity index (χ2n) is 3.93. The Morgan fingerprint density at radius 2 is 2.22 bits per heavy atom. The maximum atomic E-state index is 13.3. The van der Waals surface area contributed by atoms with E-state index < -0.39 is 22.5 Å². The fraction of sp³-hybridized carbons (Fsp3) is 0.417. The van der Waals surface area contributed by atoms with Crippen molar-refractivity contribution in [3.05, 3.63) is 24.0 Å². The van der Waals surface area contributed by atoms with Gasteiger partial charge in [-0.2, -0.15) is 0 Å². The molecule has 0 bridgehead atoms. The molecule has 1 aromatic carbocycles. The number of amides is 1. The summed E-state index contributed by atoms with van der Waals surface area (Å²) in [5.74, 6) is -0.650. The van der Waals surface area contributed by atoms with Crippen LogP contribution in [0.2, 0.25) is 0 Å². The highest BCUT2D eigenvalue weighted by atomic mass is 32.2. The first-order chi connectivity index (χ1) is 8.52. The molecule has 0 radical (unpaired) electrons. The van der Waals surface area contributed by atoms with Gasteiger partial charge in [0.25, 0.3) is 0 Å². The number of nitrogens with two attached hydrogens (primary N) is 1. The molecule has 18 heavy (non-hydrogen) atoms. The first-order valence-electron chi connectivity index (χ1n) is 5.72. The van der Waals surface area contributed by atoms with Crippen LogP contribution < -0.4 is 11.1 Å². The Kier molecular flexibility index (Phi) is 5.77. The van der Waals surface area contributed by atoms with Crippen LogP contribution in [0.3, 0.4) is 0 Å². The van der Waals surface area contributed by atoms with E-state index in [0.29, 0.717) is 11.4 Å². The molecule has 4 nitrogen and oxygen atoms in total. The van der Waals surface area contributed by atoms with Crippen molar-refractivity contribution in [2.24, 2.45) is 0 Å². The van der Waals surface area contributed by atoms with Gasteiger partial charge in [0, 0.05) is 22.2 Å². The molecular formula is C12H17FN2O2S. The number of benzene rings is 1. The monoisotopic (exact) mass is 272 g/mol. The average molecular weight is 272 g/mol. The van der Waals surface area contributed by atoms with E-state index in [1.54, 1.807) is 0 Å². The van der Waals surface area contributed by atoms with E-state index in [1.807, 2.05) is 6.92 Å². The summed E-state index contributed by atoms with van der Waals surface area (Å²) in [5, 5.41) is 2.37. The number of carbonyl (C=O) groups excluding carboxylic acids is 1. The Morgan fingerprint density at radius 1 is 1.50 bits per heavy atom. The number of hydrogen-bond acceptors (Lipinski definition) is 3. The second kappa shape index (κ2) is 7.10. The van der Waals surface area contributed by atoms with E-state index in [-0.39, 0.29) is 11.4 Å². The van der Waals surface area contributed by atoms with Gasteiger partial charge in [0.05, 0.1) is 5.69 Å². The molecule has 0 aliphatic heterocycles. The topological polar surface area (TPSA) is 72.2 Å². The molecule has 0 aliphatic rings.